The van der Waals surface area contributed by atoms with Crippen molar-refractivity contribution in [3.05, 3.63) is 27.7 Å². The normalized spacial score (nSPS) is 11.0. The third kappa shape index (κ3) is 5.17. The van der Waals surface area contributed by atoms with Crippen LogP contribution in [-0.4, -0.2) is 19.8 Å². The molecular weight excluding hydrogens is 316 g/mol. The molecule has 0 saturated heterocycles. The van der Waals surface area contributed by atoms with Gasteiger partial charge in [0.2, 0.25) is 0 Å². The van der Waals surface area contributed by atoms with E-state index in [1.807, 2.05) is 19.1 Å². The van der Waals surface area contributed by atoms with Crippen molar-refractivity contribution in [2.24, 2.45) is 5.92 Å². The highest BCUT2D eigenvalue weighted by molar-refractivity contribution is 9.10. The van der Waals surface area contributed by atoms with Gasteiger partial charge in [-0.25, -0.2) is 0 Å². The molecule has 0 amide bonds. The van der Waals surface area contributed by atoms with E-state index < -0.39 is 0 Å². The molecule has 0 atom stereocenters. The van der Waals surface area contributed by atoms with E-state index in [0.29, 0.717) is 25.0 Å². The zero-order chi connectivity index (χ0) is 13.5. The average Bonchev–Trinajstić information content (AvgIpc) is 2.30. The van der Waals surface area contributed by atoms with Gasteiger partial charge in [0.1, 0.15) is 12.4 Å². The van der Waals surface area contributed by atoms with Gasteiger partial charge in [-0.05, 0) is 30.5 Å². The summed E-state index contributed by atoms with van der Waals surface area (Å²) in [4.78, 5) is 0. The van der Waals surface area contributed by atoms with E-state index in [9.17, 15) is 0 Å². The molecule has 0 aliphatic carbocycles. The Balaban J connectivity index is 2.51. The van der Waals surface area contributed by atoms with Gasteiger partial charge in [0.15, 0.2) is 0 Å². The minimum atomic E-state index is 0.447. The van der Waals surface area contributed by atoms with E-state index in [2.05, 4.69) is 29.8 Å². The molecule has 0 aliphatic heterocycles. The standard InChI is InChI=1S/C14H20BrClO2/c1-10(2)9-17-4-5-18-14-11(3)6-13(15)7-12(14)8-16/h6-7,10H,4-5,8-9H2,1-3H3. The molecule has 0 bridgehead atoms. The Morgan fingerprint density at radius 1 is 1.28 bits per heavy atom. The fourth-order valence-corrected chi connectivity index (χ4v) is 2.45. The average molecular weight is 336 g/mol. The Morgan fingerprint density at radius 2 is 2.00 bits per heavy atom. The summed E-state index contributed by atoms with van der Waals surface area (Å²) < 4.78 is 12.3. The van der Waals surface area contributed by atoms with E-state index >= 15 is 0 Å². The van der Waals surface area contributed by atoms with Crippen LogP contribution in [0.1, 0.15) is 25.0 Å². The van der Waals surface area contributed by atoms with Crippen molar-refractivity contribution in [1.29, 1.82) is 0 Å². The maximum atomic E-state index is 5.93. The van der Waals surface area contributed by atoms with E-state index in [1.54, 1.807) is 0 Å². The van der Waals surface area contributed by atoms with Gasteiger partial charge in [-0.1, -0.05) is 29.8 Å². The quantitative estimate of drug-likeness (QED) is 0.537. The van der Waals surface area contributed by atoms with Crippen molar-refractivity contribution in [2.75, 3.05) is 19.8 Å². The number of rotatable bonds is 7. The van der Waals surface area contributed by atoms with Gasteiger partial charge in [0, 0.05) is 16.6 Å². The summed E-state index contributed by atoms with van der Waals surface area (Å²) >= 11 is 9.38. The number of alkyl halides is 1. The van der Waals surface area contributed by atoms with Crippen LogP contribution < -0.4 is 4.74 Å². The molecule has 0 aromatic heterocycles. The molecule has 0 fully saturated rings. The largest absolute Gasteiger partial charge is 0.491 e. The molecule has 1 aromatic carbocycles. The Labute approximate surface area is 123 Å². The number of hydrogen-bond donors (Lipinski definition) is 0. The first-order valence-corrected chi connectivity index (χ1v) is 7.43. The second kappa shape index (κ2) is 8.03. The molecule has 0 spiro atoms. The number of benzene rings is 1. The summed E-state index contributed by atoms with van der Waals surface area (Å²) in [6.45, 7) is 8.21. The lowest BCUT2D eigenvalue weighted by Crippen LogP contribution is -2.11. The van der Waals surface area contributed by atoms with Crippen molar-refractivity contribution in [3.63, 3.8) is 0 Å². The molecule has 0 heterocycles. The molecule has 1 aromatic rings. The molecule has 0 N–H and O–H groups in total. The Morgan fingerprint density at radius 3 is 2.61 bits per heavy atom. The van der Waals surface area contributed by atoms with Gasteiger partial charge >= 0.3 is 0 Å². The molecule has 102 valence electrons. The van der Waals surface area contributed by atoms with Crippen LogP contribution in [0.15, 0.2) is 16.6 Å². The molecule has 0 unspecified atom stereocenters. The lowest BCUT2D eigenvalue weighted by Gasteiger charge is -2.14. The molecule has 18 heavy (non-hydrogen) atoms. The fraction of sp³-hybridized carbons (Fsp3) is 0.571. The third-order valence-electron chi connectivity index (χ3n) is 2.39. The van der Waals surface area contributed by atoms with Crippen LogP contribution in [-0.2, 0) is 10.6 Å². The minimum Gasteiger partial charge on any atom is -0.491 e. The molecule has 4 heteroatoms. The lowest BCUT2D eigenvalue weighted by atomic mass is 10.1. The highest BCUT2D eigenvalue weighted by Crippen LogP contribution is 2.29. The first kappa shape index (κ1) is 15.8. The van der Waals surface area contributed by atoms with Crippen LogP contribution in [0.2, 0.25) is 0 Å². The number of ether oxygens (including phenoxy) is 2. The van der Waals surface area contributed by atoms with Gasteiger partial charge in [-0.3, -0.25) is 0 Å². The summed E-state index contributed by atoms with van der Waals surface area (Å²) in [5.41, 5.74) is 2.09. The van der Waals surface area contributed by atoms with Crippen LogP contribution in [0.25, 0.3) is 0 Å². The topological polar surface area (TPSA) is 18.5 Å². The van der Waals surface area contributed by atoms with Crippen molar-refractivity contribution in [1.82, 2.24) is 0 Å². The molecular formula is C14H20BrClO2. The number of aryl methyl sites for hydroxylation is 1. The molecule has 0 aliphatic rings. The second-order valence-corrected chi connectivity index (χ2v) is 5.84. The highest BCUT2D eigenvalue weighted by Gasteiger charge is 2.08. The smallest absolute Gasteiger partial charge is 0.126 e. The van der Waals surface area contributed by atoms with E-state index in [4.69, 9.17) is 21.1 Å². The summed E-state index contributed by atoms with van der Waals surface area (Å²) in [6.07, 6.45) is 0. The first-order valence-electron chi connectivity index (χ1n) is 6.10. The zero-order valence-corrected chi connectivity index (χ0v) is 13.5. The second-order valence-electron chi connectivity index (χ2n) is 4.66. The maximum absolute atomic E-state index is 5.93. The highest BCUT2D eigenvalue weighted by atomic mass is 79.9. The molecule has 0 saturated carbocycles. The third-order valence-corrected chi connectivity index (χ3v) is 3.13. The van der Waals surface area contributed by atoms with Crippen LogP contribution in [0.5, 0.6) is 5.75 Å². The van der Waals surface area contributed by atoms with Crippen molar-refractivity contribution in [2.45, 2.75) is 26.7 Å². The van der Waals surface area contributed by atoms with E-state index in [0.717, 1.165) is 28.0 Å². The molecule has 2 nitrogen and oxygen atoms in total. The first-order chi connectivity index (χ1) is 8.54. The SMILES string of the molecule is Cc1cc(Br)cc(CCl)c1OCCOCC(C)C. The lowest BCUT2D eigenvalue weighted by molar-refractivity contribution is 0.0815. The fourth-order valence-electron chi connectivity index (χ4n) is 1.63. The van der Waals surface area contributed by atoms with Crippen LogP contribution in [0, 0.1) is 12.8 Å². The maximum Gasteiger partial charge on any atom is 0.126 e. The Kier molecular flexibility index (Phi) is 7.05. The summed E-state index contributed by atoms with van der Waals surface area (Å²) in [5.74, 6) is 1.88. The van der Waals surface area contributed by atoms with E-state index in [1.165, 1.54) is 0 Å². The predicted molar refractivity (Wildman–Crippen MR) is 79.6 cm³/mol. The summed E-state index contributed by atoms with van der Waals surface area (Å²) in [6, 6.07) is 4.02. The molecule has 1 rings (SSSR count). The van der Waals surface area contributed by atoms with Gasteiger partial charge in [0.25, 0.3) is 0 Å². The van der Waals surface area contributed by atoms with Gasteiger partial charge in [-0.2, -0.15) is 0 Å². The summed E-state index contributed by atoms with van der Waals surface area (Å²) in [7, 11) is 0. The van der Waals surface area contributed by atoms with Gasteiger partial charge in [-0.15, -0.1) is 11.6 Å². The zero-order valence-electron chi connectivity index (χ0n) is 11.1. The van der Waals surface area contributed by atoms with Gasteiger partial charge < -0.3 is 9.47 Å². The van der Waals surface area contributed by atoms with Crippen molar-refractivity contribution >= 4 is 27.5 Å². The van der Waals surface area contributed by atoms with Crippen molar-refractivity contribution < 1.29 is 9.47 Å². The number of hydrogen-bond acceptors (Lipinski definition) is 2. The molecule has 0 radical (unpaired) electrons. The van der Waals surface area contributed by atoms with Crippen molar-refractivity contribution in [3.8, 4) is 5.75 Å². The Hall–Kier alpha value is -0.250. The van der Waals surface area contributed by atoms with Crippen LogP contribution in [0.4, 0.5) is 0 Å². The van der Waals surface area contributed by atoms with E-state index in [-0.39, 0.29) is 0 Å². The predicted octanol–water partition coefficient (Wildman–Crippen LogP) is 4.55. The number of halogens is 2. The monoisotopic (exact) mass is 334 g/mol. The van der Waals surface area contributed by atoms with Gasteiger partial charge in [0.05, 0.1) is 12.5 Å². The summed E-state index contributed by atoms with van der Waals surface area (Å²) in [5, 5.41) is 0. The van der Waals surface area contributed by atoms with Crippen LogP contribution in [0.3, 0.4) is 0 Å². The minimum absolute atomic E-state index is 0.447. The van der Waals surface area contributed by atoms with Crippen LogP contribution >= 0.6 is 27.5 Å². The Bertz CT molecular complexity index is 380.